The van der Waals surface area contributed by atoms with Gasteiger partial charge in [-0.15, -0.1) is 0 Å². The van der Waals surface area contributed by atoms with Crippen LogP contribution in [0.15, 0.2) is 35.1 Å². The van der Waals surface area contributed by atoms with Crippen molar-refractivity contribution in [2.24, 2.45) is 17.3 Å². The van der Waals surface area contributed by atoms with Crippen molar-refractivity contribution < 1.29 is 25.2 Å². The number of carbonyl (C=O) groups excluding carboxylic acids is 1. The Hall–Kier alpha value is -1.47. The van der Waals surface area contributed by atoms with Gasteiger partial charge in [0.2, 0.25) is 0 Å². The highest BCUT2D eigenvalue weighted by Crippen LogP contribution is 2.60. The molecule has 5 atom stereocenters. The smallest absolute Gasteiger partial charge is 0.162 e. The lowest BCUT2D eigenvalue weighted by atomic mass is 9.48. The maximum absolute atomic E-state index is 12.6. The summed E-state index contributed by atoms with van der Waals surface area (Å²) < 4.78 is 0. The molecule has 0 bridgehead atoms. The largest absolute Gasteiger partial charge is 0.509 e. The number of hydrogen-bond donors (Lipinski definition) is 4. The number of aliphatic hydroxyl groups is 4. The Balaban J connectivity index is 1.81. The standard InChI is InChI=1S/C22H31NO5/c1-13-11-15-5-6-16(24)19(26)18(15)21(9-10-23(2)12-14-3-4-14)20(27)17(25)7-8-22(13,21)28/h5-6,11,13-14,16,20,24,26-28H,3-4,7-10,12H2,1-2H3/t13-,16?,20+,21+,22-/m1/s1. The third-order valence-electron chi connectivity index (χ3n) is 7.36. The van der Waals surface area contributed by atoms with E-state index in [9.17, 15) is 25.2 Å². The van der Waals surface area contributed by atoms with Gasteiger partial charge in [0.25, 0.3) is 0 Å². The van der Waals surface area contributed by atoms with Gasteiger partial charge >= 0.3 is 0 Å². The zero-order chi connectivity index (χ0) is 20.3. The van der Waals surface area contributed by atoms with Crippen LogP contribution in [0.2, 0.25) is 0 Å². The molecule has 0 spiro atoms. The molecule has 6 heteroatoms. The molecule has 0 aliphatic heterocycles. The molecule has 0 saturated heterocycles. The minimum atomic E-state index is -1.41. The van der Waals surface area contributed by atoms with E-state index in [0.29, 0.717) is 30.0 Å². The van der Waals surface area contributed by atoms with Gasteiger partial charge in [-0.05, 0) is 56.8 Å². The zero-order valence-corrected chi connectivity index (χ0v) is 16.6. The van der Waals surface area contributed by atoms with Crippen molar-refractivity contribution in [2.75, 3.05) is 20.1 Å². The predicted octanol–water partition coefficient (Wildman–Crippen LogP) is 1.48. The summed E-state index contributed by atoms with van der Waals surface area (Å²) in [5.41, 5.74) is -1.68. The van der Waals surface area contributed by atoms with Crippen LogP contribution in [0.25, 0.3) is 0 Å². The monoisotopic (exact) mass is 389 g/mol. The number of ketones is 1. The molecule has 1 unspecified atom stereocenters. The van der Waals surface area contributed by atoms with Crippen molar-refractivity contribution in [1.29, 1.82) is 0 Å². The molecule has 4 aliphatic carbocycles. The van der Waals surface area contributed by atoms with Crippen LogP contribution in [0.3, 0.4) is 0 Å². The van der Waals surface area contributed by atoms with E-state index in [1.165, 1.54) is 18.9 Å². The molecule has 0 heterocycles. The summed E-state index contributed by atoms with van der Waals surface area (Å²) in [6, 6.07) is 0. The Bertz CT molecular complexity index is 767. The fourth-order valence-electron chi connectivity index (χ4n) is 5.55. The van der Waals surface area contributed by atoms with Crippen molar-refractivity contribution in [3.8, 4) is 0 Å². The first kappa shape index (κ1) is 19.8. The topological polar surface area (TPSA) is 101 Å². The van der Waals surface area contributed by atoms with Crippen molar-refractivity contribution in [3.63, 3.8) is 0 Å². The van der Waals surface area contributed by atoms with E-state index in [2.05, 4.69) is 4.90 Å². The van der Waals surface area contributed by atoms with Gasteiger partial charge in [-0.2, -0.15) is 0 Å². The Morgan fingerprint density at radius 2 is 2.00 bits per heavy atom. The van der Waals surface area contributed by atoms with E-state index in [-0.39, 0.29) is 30.3 Å². The van der Waals surface area contributed by atoms with Crippen molar-refractivity contribution >= 4 is 5.78 Å². The van der Waals surface area contributed by atoms with Crippen LogP contribution < -0.4 is 0 Å². The molecule has 154 valence electrons. The maximum atomic E-state index is 12.6. The Kier molecular flexibility index (Phi) is 4.82. The van der Waals surface area contributed by atoms with Crippen LogP contribution in [0.4, 0.5) is 0 Å². The van der Waals surface area contributed by atoms with Crippen LogP contribution in [0.5, 0.6) is 0 Å². The normalized spacial score (nSPS) is 40.4. The molecule has 2 fully saturated rings. The number of rotatable bonds is 5. The van der Waals surface area contributed by atoms with Gasteiger partial charge in [-0.3, -0.25) is 4.79 Å². The maximum Gasteiger partial charge on any atom is 0.162 e. The fourth-order valence-corrected chi connectivity index (χ4v) is 5.55. The number of fused-ring (bicyclic) bond motifs is 3. The SMILES string of the molecule is C[C@@H]1C=C2C=CC(O)C(O)=C2[C@@]2(CCN(C)CC3CC3)[C@@H](O)C(=O)CC[C@@]12O. The summed E-state index contributed by atoms with van der Waals surface area (Å²) in [5.74, 6) is -0.174. The summed E-state index contributed by atoms with van der Waals surface area (Å²) in [7, 11) is 2.01. The molecular formula is C22H31NO5. The first-order valence-corrected chi connectivity index (χ1v) is 10.3. The molecule has 0 radical (unpaired) electrons. The second-order valence-electron chi connectivity index (χ2n) is 9.19. The van der Waals surface area contributed by atoms with Crippen LogP contribution in [0.1, 0.15) is 39.0 Å². The summed E-state index contributed by atoms with van der Waals surface area (Å²) in [4.78, 5) is 14.8. The molecule has 0 aromatic carbocycles. The third kappa shape index (κ3) is 2.81. The van der Waals surface area contributed by atoms with E-state index in [0.717, 1.165) is 6.54 Å². The van der Waals surface area contributed by atoms with Crippen LogP contribution >= 0.6 is 0 Å². The summed E-state index contributed by atoms with van der Waals surface area (Å²) in [6.07, 6.45) is 5.61. The van der Waals surface area contributed by atoms with Gasteiger partial charge in [0.15, 0.2) is 5.78 Å². The van der Waals surface area contributed by atoms with Crippen molar-refractivity contribution in [1.82, 2.24) is 4.90 Å². The number of nitrogens with zero attached hydrogens (tertiary/aromatic N) is 1. The van der Waals surface area contributed by atoms with Gasteiger partial charge in [0.1, 0.15) is 18.0 Å². The second kappa shape index (κ2) is 6.80. The Labute approximate surface area is 165 Å². The molecule has 4 rings (SSSR count). The molecule has 0 aromatic heterocycles. The van der Waals surface area contributed by atoms with Crippen LogP contribution in [0, 0.1) is 17.3 Å². The van der Waals surface area contributed by atoms with Crippen molar-refractivity contribution in [3.05, 3.63) is 35.1 Å². The highest BCUT2D eigenvalue weighted by Gasteiger charge is 2.66. The van der Waals surface area contributed by atoms with E-state index in [4.69, 9.17) is 0 Å². The van der Waals surface area contributed by atoms with Crippen LogP contribution in [-0.4, -0.2) is 69.1 Å². The van der Waals surface area contributed by atoms with E-state index in [1.54, 1.807) is 6.08 Å². The van der Waals surface area contributed by atoms with E-state index < -0.39 is 23.2 Å². The van der Waals surface area contributed by atoms with Gasteiger partial charge in [0, 0.05) is 24.5 Å². The lowest BCUT2D eigenvalue weighted by Crippen LogP contribution is -2.67. The second-order valence-corrected chi connectivity index (χ2v) is 9.19. The number of hydrogen-bond acceptors (Lipinski definition) is 6. The highest BCUT2D eigenvalue weighted by molar-refractivity contribution is 5.87. The molecule has 28 heavy (non-hydrogen) atoms. The molecule has 4 aliphatic rings. The van der Waals surface area contributed by atoms with Crippen LogP contribution in [-0.2, 0) is 4.79 Å². The molecule has 6 nitrogen and oxygen atoms in total. The predicted molar refractivity (Wildman–Crippen MR) is 105 cm³/mol. The van der Waals surface area contributed by atoms with Crippen molar-refractivity contribution in [2.45, 2.75) is 56.8 Å². The quantitative estimate of drug-likeness (QED) is 0.568. The van der Waals surface area contributed by atoms with E-state index in [1.807, 2.05) is 20.0 Å². The number of aliphatic hydroxyl groups excluding tert-OH is 3. The van der Waals surface area contributed by atoms with Gasteiger partial charge in [0.05, 0.1) is 11.0 Å². The minimum absolute atomic E-state index is 0.108. The molecule has 4 N–H and O–H groups in total. The minimum Gasteiger partial charge on any atom is -0.509 e. The molecule has 2 saturated carbocycles. The zero-order valence-electron chi connectivity index (χ0n) is 16.6. The molecule has 0 amide bonds. The lowest BCUT2D eigenvalue weighted by Gasteiger charge is -2.59. The fraction of sp³-hybridized carbons (Fsp3) is 0.682. The summed E-state index contributed by atoms with van der Waals surface area (Å²) >= 11 is 0. The Morgan fingerprint density at radius 1 is 1.29 bits per heavy atom. The molecular weight excluding hydrogens is 358 g/mol. The highest BCUT2D eigenvalue weighted by atomic mass is 16.3. The first-order chi connectivity index (χ1) is 13.2. The average molecular weight is 389 g/mol. The Morgan fingerprint density at radius 3 is 2.68 bits per heavy atom. The molecule has 0 aromatic rings. The average Bonchev–Trinajstić information content (AvgIpc) is 3.46. The third-order valence-corrected chi connectivity index (χ3v) is 7.36. The first-order valence-electron chi connectivity index (χ1n) is 10.3. The van der Waals surface area contributed by atoms with Gasteiger partial charge in [-0.1, -0.05) is 19.1 Å². The van der Waals surface area contributed by atoms with Gasteiger partial charge < -0.3 is 25.3 Å². The van der Waals surface area contributed by atoms with Gasteiger partial charge in [-0.25, -0.2) is 0 Å². The number of allylic oxidation sites excluding steroid dienone is 2. The summed E-state index contributed by atoms with van der Waals surface area (Å²) in [6.45, 7) is 3.43. The summed E-state index contributed by atoms with van der Waals surface area (Å²) in [5, 5.41) is 44.0. The van der Waals surface area contributed by atoms with E-state index >= 15 is 0 Å². The number of Topliss-reactive ketones (excluding diaryl/α,β-unsaturated/α-hetero) is 1. The lowest BCUT2D eigenvalue weighted by molar-refractivity contribution is -0.186. The number of carbonyl (C=O) groups is 1.